The minimum absolute atomic E-state index is 0.521. The van der Waals surface area contributed by atoms with Gasteiger partial charge < -0.3 is 10.1 Å². The van der Waals surface area contributed by atoms with E-state index in [9.17, 15) is 0 Å². The predicted octanol–water partition coefficient (Wildman–Crippen LogP) is 2.44. The molecule has 0 radical (unpaired) electrons. The standard InChI is InChI=1S/C13H19N5O/c1-5-7-14-13-15-8-6-11(16-13)19-12-9(2)17-18(4)10(12)3/h6,8H,5,7H2,1-4H3,(H,14,15,16). The van der Waals surface area contributed by atoms with Crippen LogP contribution in [-0.2, 0) is 7.05 Å². The zero-order valence-corrected chi connectivity index (χ0v) is 11.8. The monoisotopic (exact) mass is 261 g/mol. The van der Waals surface area contributed by atoms with Crippen molar-refractivity contribution in [3.05, 3.63) is 23.7 Å². The molecule has 0 bridgehead atoms. The van der Waals surface area contributed by atoms with Crippen LogP contribution in [0.2, 0.25) is 0 Å². The number of hydrogen-bond acceptors (Lipinski definition) is 5. The molecule has 0 aliphatic rings. The van der Waals surface area contributed by atoms with Crippen molar-refractivity contribution in [2.24, 2.45) is 7.05 Å². The SMILES string of the molecule is CCCNc1nccc(Oc2c(C)nn(C)c2C)n1. The maximum atomic E-state index is 5.81. The van der Waals surface area contributed by atoms with Gasteiger partial charge in [0.2, 0.25) is 11.8 Å². The summed E-state index contributed by atoms with van der Waals surface area (Å²) < 4.78 is 7.60. The fraction of sp³-hybridized carbons (Fsp3) is 0.462. The van der Waals surface area contributed by atoms with Gasteiger partial charge in [-0.3, -0.25) is 4.68 Å². The highest BCUT2D eigenvalue weighted by atomic mass is 16.5. The lowest BCUT2D eigenvalue weighted by molar-refractivity contribution is 0.454. The number of aromatic nitrogens is 4. The van der Waals surface area contributed by atoms with Crippen molar-refractivity contribution in [1.82, 2.24) is 19.7 Å². The maximum absolute atomic E-state index is 5.81. The summed E-state index contributed by atoms with van der Waals surface area (Å²) >= 11 is 0. The first-order chi connectivity index (χ1) is 9.11. The van der Waals surface area contributed by atoms with Gasteiger partial charge in [0.05, 0.1) is 5.69 Å². The van der Waals surface area contributed by atoms with E-state index in [0.29, 0.717) is 11.8 Å². The van der Waals surface area contributed by atoms with Gasteiger partial charge in [-0.05, 0) is 20.3 Å². The molecule has 1 N–H and O–H groups in total. The molecule has 0 aromatic carbocycles. The molecular formula is C13H19N5O. The summed E-state index contributed by atoms with van der Waals surface area (Å²) in [6.45, 7) is 6.82. The molecule has 0 saturated heterocycles. The topological polar surface area (TPSA) is 64.9 Å². The number of nitrogens with zero attached hydrogens (tertiary/aromatic N) is 4. The summed E-state index contributed by atoms with van der Waals surface area (Å²) in [7, 11) is 1.89. The lowest BCUT2D eigenvalue weighted by Gasteiger charge is -2.07. The highest BCUT2D eigenvalue weighted by molar-refractivity contribution is 5.36. The first-order valence-electron chi connectivity index (χ1n) is 6.36. The molecule has 0 spiro atoms. The minimum atomic E-state index is 0.521. The van der Waals surface area contributed by atoms with E-state index in [-0.39, 0.29) is 0 Å². The molecule has 2 heterocycles. The predicted molar refractivity (Wildman–Crippen MR) is 73.6 cm³/mol. The van der Waals surface area contributed by atoms with Gasteiger partial charge in [-0.2, -0.15) is 10.1 Å². The number of anilines is 1. The van der Waals surface area contributed by atoms with Crippen LogP contribution in [-0.4, -0.2) is 26.3 Å². The summed E-state index contributed by atoms with van der Waals surface area (Å²) in [5.41, 5.74) is 1.82. The van der Waals surface area contributed by atoms with Crippen LogP contribution in [0.4, 0.5) is 5.95 Å². The number of ether oxygens (including phenoxy) is 1. The van der Waals surface area contributed by atoms with Gasteiger partial charge >= 0.3 is 0 Å². The fourth-order valence-corrected chi connectivity index (χ4v) is 1.73. The summed E-state index contributed by atoms with van der Waals surface area (Å²) in [6.07, 6.45) is 2.70. The Morgan fingerprint density at radius 2 is 2.16 bits per heavy atom. The van der Waals surface area contributed by atoms with Crippen LogP contribution in [0, 0.1) is 13.8 Å². The van der Waals surface area contributed by atoms with E-state index in [1.54, 1.807) is 16.9 Å². The highest BCUT2D eigenvalue weighted by Gasteiger charge is 2.12. The van der Waals surface area contributed by atoms with Crippen LogP contribution >= 0.6 is 0 Å². The quantitative estimate of drug-likeness (QED) is 0.895. The summed E-state index contributed by atoms with van der Waals surface area (Å²) in [4.78, 5) is 8.46. The van der Waals surface area contributed by atoms with Gasteiger partial charge in [-0.25, -0.2) is 4.98 Å². The largest absolute Gasteiger partial charge is 0.435 e. The van der Waals surface area contributed by atoms with Crippen molar-refractivity contribution in [2.75, 3.05) is 11.9 Å². The van der Waals surface area contributed by atoms with Crippen molar-refractivity contribution >= 4 is 5.95 Å². The third-order valence-corrected chi connectivity index (χ3v) is 2.81. The van der Waals surface area contributed by atoms with Crippen LogP contribution in [0.1, 0.15) is 24.7 Å². The summed E-state index contributed by atoms with van der Waals surface area (Å²) in [5.74, 6) is 1.86. The van der Waals surface area contributed by atoms with E-state index in [1.165, 1.54) is 0 Å². The molecule has 2 aromatic rings. The smallest absolute Gasteiger partial charge is 0.225 e. The second-order valence-electron chi connectivity index (χ2n) is 4.37. The van der Waals surface area contributed by atoms with Crippen LogP contribution < -0.4 is 10.1 Å². The molecule has 2 rings (SSSR count). The third-order valence-electron chi connectivity index (χ3n) is 2.81. The average molecular weight is 261 g/mol. The van der Waals surface area contributed by atoms with Gasteiger partial charge in [0.25, 0.3) is 0 Å². The Balaban J connectivity index is 2.18. The van der Waals surface area contributed by atoms with Crippen molar-refractivity contribution < 1.29 is 4.74 Å². The van der Waals surface area contributed by atoms with Crippen molar-refractivity contribution in [3.8, 4) is 11.6 Å². The zero-order chi connectivity index (χ0) is 13.8. The molecule has 19 heavy (non-hydrogen) atoms. The number of aryl methyl sites for hydroxylation is 2. The van der Waals surface area contributed by atoms with E-state index < -0.39 is 0 Å². The Hall–Kier alpha value is -2.11. The molecule has 0 atom stereocenters. The average Bonchev–Trinajstić information content (AvgIpc) is 2.64. The second-order valence-corrected chi connectivity index (χ2v) is 4.37. The van der Waals surface area contributed by atoms with Crippen molar-refractivity contribution in [1.29, 1.82) is 0 Å². The molecule has 0 aliphatic heterocycles. The van der Waals surface area contributed by atoms with Crippen LogP contribution in [0.3, 0.4) is 0 Å². The molecule has 6 nitrogen and oxygen atoms in total. The lowest BCUT2D eigenvalue weighted by Crippen LogP contribution is -2.04. The Bertz CT molecular complexity index is 564. The summed E-state index contributed by atoms with van der Waals surface area (Å²) in [6, 6.07) is 1.74. The molecule has 0 aliphatic carbocycles. The minimum Gasteiger partial charge on any atom is -0.435 e. The molecule has 6 heteroatoms. The molecular weight excluding hydrogens is 242 g/mol. The zero-order valence-electron chi connectivity index (χ0n) is 11.8. The van der Waals surface area contributed by atoms with Gasteiger partial charge in [-0.15, -0.1) is 0 Å². The van der Waals surface area contributed by atoms with Crippen LogP contribution in [0.25, 0.3) is 0 Å². The first kappa shape index (κ1) is 13.3. The number of rotatable bonds is 5. The molecule has 0 saturated carbocycles. The molecule has 0 amide bonds. The highest BCUT2D eigenvalue weighted by Crippen LogP contribution is 2.26. The van der Waals surface area contributed by atoms with Crippen molar-refractivity contribution in [2.45, 2.75) is 27.2 Å². The molecule has 0 fully saturated rings. The number of hydrogen-bond donors (Lipinski definition) is 1. The fourth-order valence-electron chi connectivity index (χ4n) is 1.73. The third kappa shape index (κ3) is 3.01. The van der Waals surface area contributed by atoms with Gasteiger partial charge in [0.1, 0.15) is 5.69 Å². The molecule has 102 valence electrons. The van der Waals surface area contributed by atoms with Crippen LogP contribution in [0.15, 0.2) is 12.3 Å². The van der Waals surface area contributed by atoms with E-state index in [4.69, 9.17) is 4.74 Å². The van der Waals surface area contributed by atoms with E-state index in [2.05, 4.69) is 27.3 Å². The maximum Gasteiger partial charge on any atom is 0.225 e. The van der Waals surface area contributed by atoms with Gasteiger partial charge in [-0.1, -0.05) is 6.92 Å². The Morgan fingerprint density at radius 1 is 1.37 bits per heavy atom. The van der Waals surface area contributed by atoms with E-state index in [1.807, 2.05) is 20.9 Å². The Morgan fingerprint density at radius 3 is 2.79 bits per heavy atom. The van der Waals surface area contributed by atoms with E-state index in [0.717, 1.165) is 30.1 Å². The Kier molecular flexibility index (Phi) is 3.99. The molecule has 2 aromatic heterocycles. The van der Waals surface area contributed by atoms with Crippen molar-refractivity contribution in [3.63, 3.8) is 0 Å². The normalized spacial score (nSPS) is 10.5. The van der Waals surface area contributed by atoms with Gasteiger partial charge in [0.15, 0.2) is 5.75 Å². The lowest BCUT2D eigenvalue weighted by atomic mass is 10.3. The van der Waals surface area contributed by atoms with Crippen LogP contribution in [0.5, 0.6) is 11.6 Å². The summed E-state index contributed by atoms with van der Waals surface area (Å²) in [5, 5.41) is 7.44. The molecule has 0 unspecified atom stereocenters. The first-order valence-corrected chi connectivity index (χ1v) is 6.36. The second kappa shape index (κ2) is 5.69. The number of nitrogens with one attached hydrogen (secondary N) is 1. The van der Waals surface area contributed by atoms with E-state index >= 15 is 0 Å². The van der Waals surface area contributed by atoms with Gasteiger partial charge in [0, 0.05) is 25.9 Å². The Labute approximate surface area is 112 Å².